The number of nitrogens with one attached hydrogen (secondary N) is 1. The van der Waals surface area contributed by atoms with Crippen LogP contribution in [0.15, 0.2) is 48.7 Å². The molecule has 0 amide bonds. The van der Waals surface area contributed by atoms with Gasteiger partial charge in [0.2, 0.25) is 5.88 Å². The summed E-state index contributed by atoms with van der Waals surface area (Å²) in [6.45, 7) is 6.58. The summed E-state index contributed by atoms with van der Waals surface area (Å²) >= 11 is 6.03. The Hall–Kier alpha value is -1.58. The first-order chi connectivity index (χ1) is 10.1. The molecule has 112 valence electrons. The Balaban J connectivity index is 1.78. The van der Waals surface area contributed by atoms with Gasteiger partial charge in [0.05, 0.1) is 6.61 Å². The van der Waals surface area contributed by atoms with Gasteiger partial charge < -0.3 is 10.1 Å². The number of rotatable bonds is 7. The second-order valence-corrected chi connectivity index (χ2v) is 6.24. The molecule has 1 aromatic carbocycles. The fourth-order valence-corrected chi connectivity index (χ4v) is 2.11. The smallest absolute Gasteiger partial charge is 0.232 e. The van der Waals surface area contributed by atoms with E-state index in [9.17, 15) is 0 Å². The molecular formula is C17H21ClN2O. The molecule has 1 heterocycles. The molecule has 2 rings (SSSR count). The second kappa shape index (κ2) is 7.43. The third kappa shape index (κ3) is 5.37. The van der Waals surface area contributed by atoms with Crippen molar-refractivity contribution in [1.82, 2.24) is 10.3 Å². The SMILES string of the molecule is CC(C)(CNCc1ccccc1)COc1ncccc1Cl. The van der Waals surface area contributed by atoms with Crippen molar-refractivity contribution in [2.24, 2.45) is 5.41 Å². The van der Waals surface area contributed by atoms with Crippen molar-refractivity contribution < 1.29 is 4.74 Å². The number of hydrogen-bond acceptors (Lipinski definition) is 3. The Kier molecular flexibility index (Phi) is 5.59. The van der Waals surface area contributed by atoms with Gasteiger partial charge in [-0.1, -0.05) is 55.8 Å². The molecule has 1 aromatic heterocycles. The Morgan fingerprint density at radius 3 is 2.62 bits per heavy atom. The van der Waals surface area contributed by atoms with Crippen molar-refractivity contribution in [3.8, 4) is 5.88 Å². The van der Waals surface area contributed by atoms with E-state index in [0.717, 1.165) is 13.1 Å². The molecule has 0 atom stereocenters. The monoisotopic (exact) mass is 304 g/mol. The molecule has 0 saturated carbocycles. The highest BCUT2D eigenvalue weighted by atomic mass is 35.5. The van der Waals surface area contributed by atoms with E-state index in [2.05, 4.69) is 36.3 Å². The zero-order valence-corrected chi connectivity index (χ0v) is 13.2. The van der Waals surface area contributed by atoms with Crippen molar-refractivity contribution in [3.05, 3.63) is 59.2 Å². The van der Waals surface area contributed by atoms with Gasteiger partial charge in [0.1, 0.15) is 5.02 Å². The van der Waals surface area contributed by atoms with Crippen LogP contribution in [0.4, 0.5) is 0 Å². The molecule has 0 saturated heterocycles. The molecule has 0 unspecified atom stereocenters. The fourth-order valence-electron chi connectivity index (χ4n) is 1.93. The van der Waals surface area contributed by atoms with Crippen molar-refractivity contribution in [2.75, 3.05) is 13.2 Å². The molecule has 3 nitrogen and oxygen atoms in total. The van der Waals surface area contributed by atoms with Gasteiger partial charge in [-0.05, 0) is 17.7 Å². The maximum absolute atomic E-state index is 6.03. The largest absolute Gasteiger partial charge is 0.476 e. The molecule has 0 radical (unpaired) electrons. The van der Waals surface area contributed by atoms with Crippen LogP contribution in [-0.2, 0) is 6.54 Å². The van der Waals surface area contributed by atoms with Crippen LogP contribution in [0.3, 0.4) is 0 Å². The van der Waals surface area contributed by atoms with Gasteiger partial charge >= 0.3 is 0 Å². The summed E-state index contributed by atoms with van der Waals surface area (Å²) in [5.41, 5.74) is 1.28. The van der Waals surface area contributed by atoms with Crippen LogP contribution in [0.2, 0.25) is 5.02 Å². The maximum Gasteiger partial charge on any atom is 0.232 e. The van der Waals surface area contributed by atoms with E-state index in [-0.39, 0.29) is 5.41 Å². The summed E-state index contributed by atoms with van der Waals surface area (Å²) in [5.74, 6) is 0.496. The molecule has 1 N–H and O–H groups in total. The van der Waals surface area contributed by atoms with E-state index in [0.29, 0.717) is 17.5 Å². The summed E-state index contributed by atoms with van der Waals surface area (Å²) in [7, 11) is 0. The summed E-state index contributed by atoms with van der Waals surface area (Å²) < 4.78 is 5.72. The zero-order chi connectivity index (χ0) is 15.1. The topological polar surface area (TPSA) is 34.1 Å². The highest BCUT2D eigenvalue weighted by Crippen LogP contribution is 2.23. The molecule has 4 heteroatoms. The van der Waals surface area contributed by atoms with Gasteiger partial charge in [-0.3, -0.25) is 0 Å². The number of nitrogens with zero attached hydrogens (tertiary/aromatic N) is 1. The van der Waals surface area contributed by atoms with Crippen molar-refractivity contribution in [3.63, 3.8) is 0 Å². The third-order valence-corrected chi connectivity index (χ3v) is 3.39. The average molecular weight is 305 g/mol. The molecule has 2 aromatic rings. The summed E-state index contributed by atoms with van der Waals surface area (Å²) in [5, 5.41) is 4.01. The van der Waals surface area contributed by atoms with E-state index >= 15 is 0 Å². The van der Waals surface area contributed by atoms with Crippen molar-refractivity contribution in [2.45, 2.75) is 20.4 Å². The Morgan fingerprint density at radius 2 is 1.90 bits per heavy atom. The van der Waals surface area contributed by atoms with Crippen LogP contribution < -0.4 is 10.1 Å². The number of pyridine rings is 1. The average Bonchev–Trinajstić information content (AvgIpc) is 2.47. The first-order valence-corrected chi connectivity index (χ1v) is 7.43. The minimum atomic E-state index is -0.00433. The van der Waals surface area contributed by atoms with Crippen LogP contribution in [0, 0.1) is 5.41 Å². The molecule has 0 fully saturated rings. The number of ether oxygens (including phenoxy) is 1. The van der Waals surface area contributed by atoms with Gasteiger partial charge in [-0.25, -0.2) is 4.98 Å². The van der Waals surface area contributed by atoms with Gasteiger partial charge in [0.15, 0.2) is 0 Å². The van der Waals surface area contributed by atoms with E-state index in [1.807, 2.05) is 18.2 Å². The van der Waals surface area contributed by atoms with Gasteiger partial charge in [0, 0.05) is 24.7 Å². The summed E-state index contributed by atoms with van der Waals surface area (Å²) in [6.07, 6.45) is 1.68. The zero-order valence-electron chi connectivity index (χ0n) is 12.5. The van der Waals surface area contributed by atoms with Crippen molar-refractivity contribution >= 4 is 11.6 Å². The Bertz CT molecular complexity index is 558. The van der Waals surface area contributed by atoms with Gasteiger partial charge in [0.25, 0.3) is 0 Å². The standard InChI is InChI=1S/C17H21ClN2O/c1-17(2,12-19-11-14-7-4-3-5-8-14)13-21-16-15(18)9-6-10-20-16/h3-10,19H,11-13H2,1-2H3. The summed E-state index contributed by atoms with van der Waals surface area (Å²) in [4.78, 5) is 4.13. The predicted octanol–water partition coefficient (Wildman–Crippen LogP) is 3.93. The predicted molar refractivity (Wildman–Crippen MR) is 86.7 cm³/mol. The third-order valence-electron chi connectivity index (χ3n) is 3.10. The molecular weight excluding hydrogens is 284 g/mol. The van der Waals surface area contributed by atoms with E-state index in [4.69, 9.17) is 16.3 Å². The van der Waals surface area contributed by atoms with Crippen LogP contribution >= 0.6 is 11.6 Å². The molecule has 0 bridgehead atoms. The van der Waals surface area contributed by atoms with Gasteiger partial charge in [-0.2, -0.15) is 0 Å². The summed E-state index contributed by atoms with van der Waals surface area (Å²) in [6, 6.07) is 13.9. The van der Waals surface area contributed by atoms with Crippen LogP contribution in [-0.4, -0.2) is 18.1 Å². The van der Waals surface area contributed by atoms with Crippen LogP contribution in [0.25, 0.3) is 0 Å². The number of halogens is 1. The quantitative estimate of drug-likeness (QED) is 0.841. The highest BCUT2D eigenvalue weighted by molar-refractivity contribution is 6.31. The molecule has 21 heavy (non-hydrogen) atoms. The first-order valence-electron chi connectivity index (χ1n) is 7.05. The first kappa shape index (κ1) is 15.8. The van der Waals surface area contributed by atoms with E-state index < -0.39 is 0 Å². The minimum absolute atomic E-state index is 0.00433. The normalized spacial score (nSPS) is 11.4. The van der Waals surface area contributed by atoms with Crippen molar-refractivity contribution in [1.29, 1.82) is 0 Å². The molecule has 0 aliphatic heterocycles. The number of benzene rings is 1. The maximum atomic E-state index is 6.03. The highest BCUT2D eigenvalue weighted by Gasteiger charge is 2.19. The van der Waals surface area contributed by atoms with Gasteiger partial charge in [-0.15, -0.1) is 0 Å². The Morgan fingerprint density at radius 1 is 1.14 bits per heavy atom. The fraction of sp³-hybridized carbons (Fsp3) is 0.353. The second-order valence-electron chi connectivity index (χ2n) is 5.83. The lowest BCUT2D eigenvalue weighted by Gasteiger charge is -2.25. The van der Waals surface area contributed by atoms with E-state index in [1.54, 1.807) is 18.3 Å². The number of hydrogen-bond donors (Lipinski definition) is 1. The minimum Gasteiger partial charge on any atom is -0.476 e. The van der Waals surface area contributed by atoms with E-state index in [1.165, 1.54) is 5.56 Å². The lowest BCUT2D eigenvalue weighted by atomic mass is 9.95. The molecule has 0 aliphatic rings. The van der Waals surface area contributed by atoms with Crippen LogP contribution in [0.1, 0.15) is 19.4 Å². The molecule has 0 spiro atoms. The number of aromatic nitrogens is 1. The molecule has 0 aliphatic carbocycles. The lowest BCUT2D eigenvalue weighted by Crippen LogP contribution is -2.34. The Labute approximate surface area is 131 Å². The van der Waals surface area contributed by atoms with Crippen LogP contribution in [0.5, 0.6) is 5.88 Å². The lowest BCUT2D eigenvalue weighted by molar-refractivity contribution is 0.171.